The molecule has 1 saturated heterocycles. The lowest BCUT2D eigenvalue weighted by Gasteiger charge is -2.26. The van der Waals surface area contributed by atoms with Gasteiger partial charge in [-0.2, -0.15) is 5.26 Å². The minimum atomic E-state index is -0.517. The van der Waals surface area contributed by atoms with E-state index in [4.69, 9.17) is 14.7 Å². The third-order valence-electron chi connectivity index (χ3n) is 3.20. The van der Waals surface area contributed by atoms with E-state index < -0.39 is 5.82 Å². The Hall–Kier alpha value is -1.64. The van der Waals surface area contributed by atoms with Crippen molar-refractivity contribution in [3.05, 3.63) is 29.6 Å². The first-order valence-electron chi connectivity index (χ1n) is 5.75. The molecule has 2 rings (SSSR count). The first kappa shape index (κ1) is 12.8. The summed E-state index contributed by atoms with van der Waals surface area (Å²) in [5, 5.41) is 11.8. The highest BCUT2D eigenvalue weighted by Gasteiger charge is 2.34. The number of ether oxygens (including phenoxy) is 2. The number of benzene rings is 1. The highest BCUT2D eigenvalue weighted by molar-refractivity contribution is 5.48. The number of methoxy groups -OCH3 is 1. The predicted octanol–water partition coefficient (Wildman–Crippen LogP) is 1.91. The average molecular weight is 250 g/mol. The number of anilines is 1. The zero-order valence-corrected chi connectivity index (χ0v) is 10.2. The summed E-state index contributed by atoms with van der Waals surface area (Å²) in [5.41, 5.74) is 0.339. The molecule has 1 heterocycles. The molecule has 0 bridgehead atoms. The van der Waals surface area contributed by atoms with Gasteiger partial charge in [0, 0.05) is 32.4 Å². The van der Waals surface area contributed by atoms with Gasteiger partial charge in [0.05, 0.1) is 12.2 Å². The summed E-state index contributed by atoms with van der Waals surface area (Å²) in [6.07, 6.45) is 0.815. The molecule has 1 N–H and O–H groups in total. The van der Waals surface area contributed by atoms with Gasteiger partial charge in [-0.05, 0) is 18.2 Å². The highest BCUT2D eigenvalue weighted by atomic mass is 19.1. The maximum atomic E-state index is 13.4. The smallest absolute Gasteiger partial charge is 0.143 e. The number of rotatable bonds is 4. The molecule has 0 saturated carbocycles. The van der Waals surface area contributed by atoms with Gasteiger partial charge < -0.3 is 14.8 Å². The summed E-state index contributed by atoms with van der Waals surface area (Å²) >= 11 is 0. The van der Waals surface area contributed by atoms with Crippen LogP contribution >= 0.6 is 0 Å². The summed E-state index contributed by atoms with van der Waals surface area (Å²) < 4.78 is 24.2. The van der Waals surface area contributed by atoms with E-state index in [1.165, 1.54) is 12.1 Å². The fourth-order valence-corrected chi connectivity index (χ4v) is 1.94. The second kappa shape index (κ2) is 5.34. The van der Waals surface area contributed by atoms with Crippen LogP contribution in [-0.4, -0.2) is 32.5 Å². The Morgan fingerprint density at radius 2 is 2.44 bits per heavy atom. The first-order chi connectivity index (χ1) is 8.69. The maximum absolute atomic E-state index is 13.4. The van der Waals surface area contributed by atoms with Gasteiger partial charge in [0.25, 0.3) is 0 Å². The van der Waals surface area contributed by atoms with Crippen molar-refractivity contribution in [1.82, 2.24) is 0 Å². The van der Waals surface area contributed by atoms with Gasteiger partial charge in [-0.3, -0.25) is 0 Å². The number of nitrogens with one attached hydrogen (secondary N) is 1. The van der Waals surface area contributed by atoms with E-state index >= 15 is 0 Å². The van der Waals surface area contributed by atoms with Crippen LogP contribution in [0.3, 0.4) is 0 Å². The molecular formula is C13H15FN2O2. The first-order valence-corrected chi connectivity index (χ1v) is 5.75. The Morgan fingerprint density at radius 1 is 1.61 bits per heavy atom. The van der Waals surface area contributed by atoms with Gasteiger partial charge in [-0.15, -0.1) is 0 Å². The van der Waals surface area contributed by atoms with Crippen LogP contribution in [0.1, 0.15) is 12.0 Å². The van der Waals surface area contributed by atoms with Gasteiger partial charge in [0.2, 0.25) is 0 Å². The lowest BCUT2D eigenvalue weighted by Crippen LogP contribution is -2.39. The molecule has 18 heavy (non-hydrogen) atoms. The van der Waals surface area contributed by atoms with Crippen LogP contribution in [0.2, 0.25) is 0 Å². The minimum Gasteiger partial charge on any atom is -0.382 e. The van der Waals surface area contributed by atoms with Gasteiger partial charge in [-0.25, -0.2) is 4.39 Å². The van der Waals surface area contributed by atoms with Crippen LogP contribution in [0.4, 0.5) is 10.1 Å². The molecule has 1 fully saturated rings. The fourth-order valence-electron chi connectivity index (χ4n) is 1.94. The summed E-state index contributed by atoms with van der Waals surface area (Å²) in [5.74, 6) is -0.517. The number of hydrogen-bond acceptors (Lipinski definition) is 4. The Balaban J connectivity index is 2.02. The van der Waals surface area contributed by atoms with Crippen molar-refractivity contribution in [2.45, 2.75) is 12.0 Å². The maximum Gasteiger partial charge on any atom is 0.143 e. The molecule has 1 aliphatic heterocycles. The third-order valence-corrected chi connectivity index (χ3v) is 3.20. The Kier molecular flexibility index (Phi) is 3.80. The van der Waals surface area contributed by atoms with Crippen molar-refractivity contribution in [2.75, 3.05) is 32.2 Å². The molecule has 4 nitrogen and oxygen atoms in total. The van der Waals surface area contributed by atoms with Crippen molar-refractivity contribution in [1.29, 1.82) is 5.26 Å². The summed E-state index contributed by atoms with van der Waals surface area (Å²) in [7, 11) is 1.65. The van der Waals surface area contributed by atoms with Crippen LogP contribution in [0, 0.1) is 17.1 Å². The van der Waals surface area contributed by atoms with Crippen LogP contribution in [0.5, 0.6) is 0 Å². The topological polar surface area (TPSA) is 54.3 Å². The zero-order chi connectivity index (χ0) is 13.0. The summed E-state index contributed by atoms with van der Waals surface area (Å²) in [6, 6.07) is 6.25. The Morgan fingerprint density at radius 3 is 3.00 bits per heavy atom. The van der Waals surface area contributed by atoms with Crippen molar-refractivity contribution < 1.29 is 13.9 Å². The molecule has 0 aliphatic carbocycles. The van der Waals surface area contributed by atoms with E-state index in [1.54, 1.807) is 19.2 Å². The van der Waals surface area contributed by atoms with Gasteiger partial charge >= 0.3 is 0 Å². The molecular weight excluding hydrogens is 235 g/mol. The molecule has 1 aromatic rings. The van der Waals surface area contributed by atoms with E-state index in [2.05, 4.69) is 5.32 Å². The monoisotopic (exact) mass is 250 g/mol. The summed E-state index contributed by atoms with van der Waals surface area (Å²) in [6.45, 7) is 1.77. The Bertz CT molecular complexity index is 465. The second-order valence-electron chi connectivity index (χ2n) is 4.35. The molecule has 1 atom stereocenters. The highest BCUT2D eigenvalue weighted by Crippen LogP contribution is 2.23. The van der Waals surface area contributed by atoms with Crippen LogP contribution in [0.25, 0.3) is 0 Å². The van der Waals surface area contributed by atoms with Crippen LogP contribution < -0.4 is 5.32 Å². The molecule has 1 aliphatic rings. The fraction of sp³-hybridized carbons (Fsp3) is 0.462. The molecule has 5 heteroatoms. The third kappa shape index (κ3) is 2.61. The lowest BCUT2D eigenvalue weighted by atomic mass is 10.0. The van der Waals surface area contributed by atoms with Gasteiger partial charge in [0.1, 0.15) is 17.5 Å². The number of nitriles is 1. The normalized spacial score (nSPS) is 22.7. The van der Waals surface area contributed by atoms with E-state index in [-0.39, 0.29) is 11.2 Å². The number of hydrogen-bond donors (Lipinski definition) is 1. The van der Waals surface area contributed by atoms with Crippen LogP contribution in [0.15, 0.2) is 18.2 Å². The van der Waals surface area contributed by atoms with E-state index in [1.807, 2.05) is 0 Å². The molecule has 96 valence electrons. The van der Waals surface area contributed by atoms with Gasteiger partial charge in [0.15, 0.2) is 0 Å². The molecule has 0 amide bonds. The SMILES string of the molecule is COC1(CNc2ccc(C#N)c(F)c2)CCOC1. The van der Waals surface area contributed by atoms with Crippen molar-refractivity contribution in [3.8, 4) is 6.07 Å². The van der Waals surface area contributed by atoms with Crippen LogP contribution in [-0.2, 0) is 9.47 Å². The zero-order valence-electron chi connectivity index (χ0n) is 10.2. The second-order valence-corrected chi connectivity index (χ2v) is 4.35. The van der Waals surface area contributed by atoms with E-state index in [9.17, 15) is 4.39 Å². The van der Waals surface area contributed by atoms with Crippen molar-refractivity contribution in [3.63, 3.8) is 0 Å². The largest absolute Gasteiger partial charge is 0.382 e. The number of nitrogens with zero attached hydrogens (tertiary/aromatic N) is 1. The minimum absolute atomic E-state index is 0.0474. The van der Waals surface area contributed by atoms with Gasteiger partial charge in [-0.1, -0.05) is 0 Å². The quantitative estimate of drug-likeness (QED) is 0.887. The molecule has 0 radical (unpaired) electrons. The molecule has 1 aromatic carbocycles. The number of halogens is 1. The van der Waals surface area contributed by atoms with Crippen molar-refractivity contribution >= 4 is 5.69 Å². The van der Waals surface area contributed by atoms with Crippen molar-refractivity contribution in [2.24, 2.45) is 0 Å². The van der Waals surface area contributed by atoms with E-state index in [0.717, 1.165) is 6.42 Å². The Labute approximate surface area is 105 Å². The lowest BCUT2D eigenvalue weighted by molar-refractivity contribution is -0.00620. The average Bonchev–Trinajstić information content (AvgIpc) is 2.86. The van der Waals surface area contributed by atoms with E-state index in [0.29, 0.717) is 25.4 Å². The molecule has 0 aromatic heterocycles. The molecule has 1 unspecified atom stereocenters. The molecule has 0 spiro atoms. The summed E-state index contributed by atoms with van der Waals surface area (Å²) in [4.78, 5) is 0. The predicted molar refractivity (Wildman–Crippen MR) is 64.8 cm³/mol. The standard InChI is InChI=1S/C13H15FN2O2/c1-17-13(4-5-18-9-13)8-16-11-3-2-10(7-15)12(14)6-11/h2-3,6,16H,4-5,8-9H2,1H3.